The first-order valence-corrected chi connectivity index (χ1v) is 10.6. The second-order valence-corrected chi connectivity index (χ2v) is 8.35. The lowest BCUT2D eigenvalue weighted by atomic mass is 9.95. The van der Waals surface area contributed by atoms with Gasteiger partial charge in [0.15, 0.2) is 5.96 Å². The number of rotatable bonds is 8. The third-order valence-electron chi connectivity index (χ3n) is 6.12. The van der Waals surface area contributed by atoms with Crippen LogP contribution >= 0.6 is 0 Å². The summed E-state index contributed by atoms with van der Waals surface area (Å²) < 4.78 is 16.8. The van der Waals surface area contributed by atoms with Crippen molar-refractivity contribution in [1.82, 2.24) is 10.6 Å². The molecule has 1 aromatic rings. The molecule has 1 aromatic heterocycles. The minimum absolute atomic E-state index is 0.207. The zero-order chi connectivity index (χ0) is 18.5. The van der Waals surface area contributed by atoms with E-state index < -0.39 is 0 Å². The molecule has 27 heavy (non-hydrogen) atoms. The Kier molecular flexibility index (Phi) is 6.35. The van der Waals surface area contributed by atoms with Crippen LogP contribution in [0.25, 0.3) is 0 Å². The first-order valence-electron chi connectivity index (χ1n) is 10.6. The lowest BCUT2D eigenvalue weighted by Crippen LogP contribution is -2.49. The summed E-state index contributed by atoms with van der Waals surface area (Å²) in [5.74, 6) is 3.63. The maximum absolute atomic E-state index is 5.96. The van der Waals surface area contributed by atoms with Crippen molar-refractivity contribution in [2.45, 2.75) is 63.6 Å². The average Bonchev–Trinajstić information content (AvgIpc) is 3.44. The molecule has 1 aliphatic heterocycles. The van der Waals surface area contributed by atoms with Crippen molar-refractivity contribution in [2.24, 2.45) is 16.8 Å². The predicted octanol–water partition coefficient (Wildman–Crippen LogP) is 2.74. The molecule has 0 spiro atoms. The fourth-order valence-electron chi connectivity index (χ4n) is 4.66. The van der Waals surface area contributed by atoms with Crippen molar-refractivity contribution < 1.29 is 13.9 Å². The monoisotopic (exact) mass is 375 g/mol. The summed E-state index contributed by atoms with van der Waals surface area (Å²) in [4.78, 5) is 4.82. The van der Waals surface area contributed by atoms with Gasteiger partial charge in [-0.15, -0.1) is 0 Å². The van der Waals surface area contributed by atoms with Crippen LogP contribution in [0.2, 0.25) is 0 Å². The summed E-state index contributed by atoms with van der Waals surface area (Å²) in [7, 11) is 0. The first kappa shape index (κ1) is 18.8. The van der Waals surface area contributed by atoms with Crippen LogP contribution in [0.15, 0.2) is 27.8 Å². The Bertz CT molecular complexity index is 598. The van der Waals surface area contributed by atoms with E-state index in [1.807, 2.05) is 12.1 Å². The Balaban J connectivity index is 1.29. The summed E-state index contributed by atoms with van der Waals surface area (Å²) in [6.45, 7) is 5.08. The van der Waals surface area contributed by atoms with Crippen LogP contribution in [0.1, 0.15) is 44.8 Å². The Morgan fingerprint density at radius 2 is 2.30 bits per heavy atom. The third-order valence-corrected chi connectivity index (χ3v) is 6.12. The largest absolute Gasteiger partial charge is 0.469 e. The Hall–Kier alpha value is -1.53. The van der Waals surface area contributed by atoms with Crippen molar-refractivity contribution >= 4 is 5.96 Å². The molecule has 6 heteroatoms. The van der Waals surface area contributed by atoms with Gasteiger partial charge >= 0.3 is 0 Å². The molecule has 2 bridgehead atoms. The highest BCUT2D eigenvalue weighted by atomic mass is 16.5. The predicted molar refractivity (Wildman–Crippen MR) is 105 cm³/mol. The molecule has 150 valence electrons. The Labute approximate surface area is 162 Å². The number of fused-ring (bicyclic) bond motifs is 2. The molecule has 5 unspecified atom stereocenters. The minimum Gasteiger partial charge on any atom is -0.469 e. The van der Waals surface area contributed by atoms with Gasteiger partial charge in [0, 0.05) is 31.7 Å². The van der Waals surface area contributed by atoms with E-state index in [0.29, 0.717) is 19.2 Å². The van der Waals surface area contributed by atoms with E-state index in [4.69, 9.17) is 18.9 Å². The Morgan fingerprint density at radius 1 is 1.33 bits per heavy atom. The van der Waals surface area contributed by atoms with E-state index in [2.05, 4.69) is 17.6 Å². The molecule has 1 saturated heterocycles. The standard InChI is InChI=1S/C21H33N3O3/c1-15(13-27-19-7-10-25-14-19)23-21(22-8-6-18-3-2-9-26-18)24-20-12-16-4-5-17(20)11-16/h2-3,9,15-17,19-20H,4-8,10-14H2,1H3,(H2,22,23,24). The summed E-state index contributed by atoms with van der Waals surface area (Å²) in [5, 5.41) is 7.26. The van der Waals surface area contributed by atoms with Crippen LogP contribution < -0.4 is 10.6 Å². The van der Waals surface area contributed by atoms with Crippen LogP contribution in [0, 0.1) is 11.8 Å². The maximum Gasteiger partial charge on any atom is 0.191 e. The molecule has 3 fully saturated rings. The molecule has 0 amide bonds. The summed E-state index contributed by atoms with van der Waals surface area (Å²) in [6.07, 6.45) is 9.23. The van der Waals surface area contributed by atoms with Crippen LogP contribution in [0.5, 0.6) is 0 Å². The molecule has 2 aliphatic carbocycles. The number of nitrogens with zero attached hydrogens (tertiary/aromatic N) is 1. The third kappa shape index (κ3) is 5.26. The van der Waals surface area contributed by atoms with Gasteiger partial charge in [0.05, 0.1) is 25.6 Å². The first-order chi connectivity index (χ1) is 13.3. The van der Waals surface area contributed by atoms with Crippen LogP contribution in [-0.4, -0.2) is 50.5 Å². The van der Waals surface area contributed by atoms with E-state index in [1.165, 1.54) is 25.7 Å². The quantitative estimate of drug-likeness (QED) is 0.540. The maximum atomic E-state index is 5.96. The van der Waals surface area contributed by atoms with E-state index in [-0.39, 0.29) is 12.1 Å². The molecule has 2 saturated carbocycles. The van der Waals surface area contributed by atoms with Crippen molar-refractivity contribution in [2.75, 3.05) is 26.4 Å². The number of hydrogen-bond donors (Lipinski definition) is 2. The highest BCUT2D eigenvalue weighted by Crippen LogP contribution is 2.44. The van der Waals surface area contributed by atoms with Crippen molar-refractivity contribution in [3.8, 4) is 0 Å². The number of guanidine groups is 1. The van der Waals surface area contributed by atoms with Gasteiger partial charge in [-0.25, -0.2) is 0 Å². The van der Waals surface area contributed by atoms with E-state index in [1.54, 1.807) is 6.26 Å². The fourth-order valence-corrected chi connectivity index (χ4v) is 4.66. The van der Waals surface area contributed by atoms with Gasteiger partial charge in [0.25, 0.3) is 0 Å². The molecule has 0 aromatic carbocycles. The van der Waals surface area contributed by atoms with Crippen LogP contribution in [-0.2, 0) is 15.9 Å². The summed E-state index contributed by atoms with van der Waals surface area (Å²) >= 11 is 0. The van der Waals surface area contributed by atoms with Crippen molar-refractivity contribution in [3.05, 3.63) is 24.2 Å². The minimum atomic E-state index is 0.207. The molecular weight excluding hydrogens is 342 g/mol. The number of furan rings is 1. The molecule has 2 N–H and O–H groups in total. The Morgan fingerprint density at radius 3 is 3.00 bits per heavy atom. The molecule has 3 aliphatic rings. The number of ether oxygens (including phenoxy) is 2. The molecule has 2 heterocycles. The smallest absolute Gasteiger partial charge is 0.191 e. The number of hydrogen-bond acceptors (Lipinski definition) is 4. The SMILES string of the molecule is CC(COC1CCOC1)NC(=NCCc1ccco1)NC1CC2CCC1C2. The van der Waals surface area contributed by atoms with Gasteiger partial charge in [0.2, 0.25) is 0 Å². The average molecular weight is 376 g/mol. The van der Waals surface area contributed by atoms with Crippen molar-refractivity contribution in [1.29, 1.82) is 0 Å². The lowest BCUT2D eigenvalue weighted by Gasteiger charge is -2.27. The van der Waals surface area contributed by atoms with E-state index >= 15 is 0 Å². The van der Waals surface area contributed by atoms with Gasteiger partial charge in [-0.1, -0.05) is 6.42 Å². The molecule has 0 radical (unpaired) electrons. The second kappa shape index (κ2) is 9.11. The zero-order valence-electron chi connectivity index (χ0n) is 16.4. The molecular formula is C21H33N3O3. The van der Waals surface area contributed by atoms with Gasteiger partial charge in [-0.3, -0.25) is 4.99 Å². The normalized spacial score (nSPS) is 31.4. The van der Waals surface area contributed by atoms with Crippen molar-refractivity contribution in [3.63, 3.8) is 0 Å². The topological polar surface area (TPSA) is 68.0 Å². The molecule has 4 rings (SSSR count). The lowest BCUT2D eigenvalue weighted by molar-refractivity contribution is 0.0347. The highest BCUT2D eigenvalue weighted by molar-refractivity contribution is 5.80. The number of aliphatic imine (C=N–C) groups is 1. The second-order valence-electron chi connectivity index (χ2n) is 8.35. The van der Waals surface area contributed by atoms with Crippen LogP contribution in [0.3, 0.4) is 0 Å². The van der Waals surface area contributed by atoms with Crippen LogP contribution in [0.4, 0.5) is 0 Å². The van der Waals surface area contributed by atoms with E-state index in [9.17, 15) is 0 Å². The molecule has 5 atom stereocenters. The zero-order valence-corrected chi connectivity index (χ0v) is 16.4. The van der Waals surface area contributed by atoms with Gasteiger partial charge < -0.3 is 24.5 Å². The highest BCUT2D eigenvalue weighted by Gasteiger charge is 2.39. The van der Waals surface area contributed by atoms with Gasteiger partial charge in [-0.05, 0) is 56.6 Å². The van der Waals surface area contributed by atoms with E-state index in [0.717, 1.165) is 49.6 Å². The summed E-state index contributed by atoms with van der Waals surface area (Å²) in [5.41, 5.74) is 0. The van der Waals surface area contributed by atoms with Gasteiger partial charge in [0.1, 0.15) is 5.76 Å². The fraction of sp³-hybridized carbons (Fsp3) is 0.762. The van der Waals surface area contributed by atoms with Gasteiger partial charge in [-0.2, -0.15) is 0 Å². The molecule has 6 nitrogen and oxygen atoms in total. The number of nitrogens with one attached hydrogen (secondary N) is 2. The summed E-state index contributed by atoms with van der Waals surface area (Å²) in [6, 6.07) is 4.71.